The van der Waals surface area contributed by atoms with E-state index in [-0.39, 0.29) is 12.0 Å². The van der Waals surface area contributed by atoms with Gasteiger partial charge < -0.3 is 19.1 Å². The Kier molecular flexibility index (Phi) is 7.58. The molecular weight excluding hydrogens is 416 g/mol. The first-order valence-electron chi connectivity index (χ1n) is 11.3. The quantitative estimate of drug-likeness (QED) is 0.427. The van der Waals surface area contributed by atoms with Gasteiger partial charge in [-0.15, -0.1) is 0 Å². The molecule has 4 rings (SSSR count). The summed E-state index contributed by atoms with van der Waals surface area (Å²) in [5.74, 6) is 1.34. The molecule has 0 N–H and O–H groups in total. The third kappa shape index (κ3) is 5.71. The molecule has 33 heavy (non-hydrogen) atoms. The van der Waals surface area contributed by atoms with Gasteiger partial charge in [-0.05, 0) is 42.2 Å². The van der Waals surface area contributed by atoms with Crippen LogP contribution in [0.4, 0.5) is 0 Å². The number of para-hydroxylation sites is 1. The van der Waals surface area contributed by atoms with Crippen LogP contribution >= 0.6 is 0 Å². The zero-order valence-corrected chi connectivity index (χ0v) is 19.0. The number of fused-ring (bicyclic) bond motifs is 1. The molecule has 1 atom stereocenters. The topological polar surface area (TPSA) is 60.9 Å². The van der Waals surface area contributed by atoms with Gasteiger partial charge >= 0.3 is 0 Å². The van der Waals surface area contributed by atoms with E-state index in [9.17, 15) is 4.79 Å². The molecule has 1 aliphatic rings. The number of amides is 1. The molecule has 1 fully saturated rings. The number of nitrogens with zero attached hydrogens (tertiary/aromatic N) is 2. The maximum Gasteiger partial charge on any atom is 0.227 e. The van der Waals surface area contributed by atoms with Gasteiger partial charge in [0, 0.05) is 31.3 Å². The Labute approximate surface area is 194 Å². The van der Waals surface area contributed by atoms with E-state index in [1.54, 1.807) is 19.4 Å². The highest BCUT2D eigenvalue weighted by atomic mass is 16.5. The third-order valence-electron chi connectivity index (χ3n) is 5.82. The minimum atomic E-state index is 0.0506. The molecule has 2 heterocycles. The highest BCUT2D eigenvalue weighted by Gasteiger charge is 2.24. The number of rotatable bonds is 10. The zero-order valence-electron chi connectivity index (χ0n) is 19.0. The van der Waals surface area contributed by atoms with Gasteiger partial charge in [0.1, 0.15) is 6.61 Å². The lowest BCUT2D eigenvalue weighted by Gasteiger charge is -2.26. The Morgan fingerprint density at radius 3 is 2.91 bits per heavy atom. The highest BCUT2D eigenvalue weighted by molar-refractivity contribution is 5.87. The van der Waals surface area contributed by atoms with Gasteiger partial charge in [0.2, 0.25) is 5.91 Å². The number of methoxy groups -OCH3 is 1. The summed E-state index contributed by atoms with van der Waals surface area (Å²) in [7, 11) is 1.61. The molecule has 0 radical (unpaired) electrons. The number of ether oxygens (including phenoxy) is 3. The summed E-state index contributed by atoms with van der Waals surface area (Å²) in [6, 6.07) is 15.7. The number of pyridine rings is 1. The minimum Gasteiger partial charge on any atom is -0.493 e. The second-order valence-electron chi connectivity index (χ2n) is 8.16. The number of carbonyl (C=O) groups is 1. The van der Waals surface area contributed by atoms with Crippen molar-refractivity contribution in [2.45, 2.75) is 31.9 Å². The monoisotopic (exact) mass is 446 g/mol. The molecule has 172 valence electrons. The predicted molar refractivity (Wildman–Crippen MR) is 129 cm³/mol. The van der Waals surface area contributed by atoms with Crippen molar-refractivity contribution < 1.29 is 19.0 Å². The molecule has 0 unspecified atom stereocenters. The second-order valence-corrected chi connectivity index (χ2v) is 8.16. The van der Waals surface area contributed by atoms with Gasteiger partial charge in [0.05, 0.1) is 25.2 Å². The molecule has 1 amide bonds. The molecule has 0 aliphatic carbocycles. The number of aromatic nitrogens is 1. The summed E-state index contributed by atoms with van der Waals surface area (Å²) in [5, 5.41) is 1.04. The standard InChI is InChI=1S/C27H30N2O4/c1-3-14-33-24-12-11-20(16-25(24)31-2)18-29(19-23-10-6-15-32-23)26(30)17-22-8-4-7-21-9-5-13-28-27(21)22/h3-5,7-9,11-13,16,23H,1,6,10,14-15,17-19H2,2H3/t23-/m0/s1. The summed E-state index contributed by atoms with van der Waals surface area (Å²) in [6.07, 6.45) is 5.82. The summed E-state index contributed by atoms with van der Waals surface area (Å²) in [4.78, 5) is 19.9. The van der Waals surface area contributed by atoms with E-state index in [1.807, 2.05) is 53.4 Å². The largest absolute Gasteiger partial charge is 0.493 e. The maximum atomic E-state index is 13.5. The Hall–Kier alpha value is -3.38. The van der Waals surface area contributed by atoms with Gasteiger partial charge in [-0.25, -0.2) is 0 Å². The number of hydrogen-bond acceptors (Lipinski definition) is 5. The van der Waals surface area contributed by atoms with Crippen LogP contribution in [0.1, 0.15) is 24.0 Å². The van der Waals surface area contributed by atoms with Crippen molar-refractivity contribution in [1.82, 2.24) is 9.88 Å². The summed E-state index contributed by atoms with van der Waals surface area (Å²) in [5.41, 5.74) is 2.78. The lowest BCUT2D eigenvalue weighted by atomic mass is 10.1. The average molecular weight is 447 g/mol. The molecule has 0 bridgehead atoms. The van der Waals surface area contributed by atoms with Gasteiger partial charge in [0.15, 0.2) is 11.5 Å². The van der Waals surface area contributed by atoms with Crippen molar-refractivity contribution in [1.29, 1.82) is 0 Å². The van der Waals surface area contributed by atoms with E-state index in [4.69, 9.17) is 14.2 Å². The highest BCUT2D eigenvalue weighted by Crippen LogP contribution is 2.29. The van der Waals surface area contributed by atoms with Crippen LogP contribution in [0.2, 0.25) is 0 Å². The molecule has 0 spiro atoms. The van der Waals surface area contributed by atoms with Crippen molar-refractivity contribution in [3.8, 4) is 11.5 Å². The molecule has 3 aromatic rings. The molecule has 1 aromatic heterocycles. The Bertz CT molecular complexity index is 1100. The van der Waals surface area contributed by atoms with Crippen molar-refractivity contribution in [2.24, 2.45) is 0 Å². The van der Waals surface area contributed by atoms with E-state index in [0.29, 0.717) is 37.6 Å². The van der Waals surface area contributed by atoms with Crippen LogP contribution in [0.25, 0.3) is 10.9 Å². The minimum absolute atomic E-state index is 0.0506. The van der Waals surface area contributed by atoms with Crippen LogP contribution in [0, 0.1) is 0 Å². The summed E-state index contributed by atoms with van der Waals surface area (Å²) >= 11 is 0. The average Bonchev–Trinajstić information content (AvgIpc) is 3.36. The summed E-state index contributed by atoms with van der Waals surface area (Å²) in [6.45, 7) is 5.87. The normalized spacial score (nSPS) is 15.4. The smallest absolute Gasteiger partial charge is 0.227 e. The number of carbonyl (C=O) groups excluding carboxylic acids is 1. The molecule has 6 nitrogen and oxygen atoms in total. The van der Waals surface area contributed by atoms with Gasteiger partial charge in [-0.2, -0.15) is 0 Å². The van der Waals surface area contributed by atoms with Crippen LogP contribution in [-0.2, 0) is 22.5 Å². The molecule has 1 saturated heterocycles. The number of benzene rings is 2. The van der Waals surface area contributed by atoms with Crippen LogP contribution in [0.3, 0.4) is 0 Å². The maximum absolute atomic E-state index is 13.5. The lowest BCUT2D eigenvalue weighted by molar-refractivity contribution is -0.132. The van der Waals surface area contributed by atoms with E-state index in [2.05, 4.69) is 11.6 Å². The molecular formula is C27H30N2O4. The molecule has 1 aliphatic heterocycles. The Morgan fingerprint density at radius 2 is 2.12 bits per heavy atom. The van der Waals surface area contributed by atoms with Gasteiger partial charge in [-0.1, -0.05) is 43.0 Å². The van der Waals surface area contributed by atoms with Crippen LogP contribution in [0.5, 0.6) is 11.5 Å². The van der Waals surface area contributed by atoms with E-state index >= 15 is 0 Å². The number of hydrogen-bond donors (Lipinski definition) is 0. The predicted octanol–water partition coefficient (Wildman–Crippen LogP) is 4.56. The molecule has 0 saturated carbocycles. The van der Waals surface area contributed by atoms with Crippen LogP contribution < -0.4 is 9.47 Å². The van der Waals surface area contributed by atoms with Crippen molar-refractivity contribution in [3.05, 3.63) is 78.5 Å². The SMILES string of the molecule is C=CCOc1ccc(CN(C[C@@H]2CCCO2)C(=O)Cc2cccc3cccnc23)cc1OC. The molecule has 6 heteroatoms. The first-order valence-corrected chi connectivity index (χ1v) is 11.3. The van der Waals surface area contributed by atoms with Gasteiger partial charge in [0.25, 0.3) is 0 Å². The molecule has 2 aromatic carbocycles. The fourth-order valence-corrected chi connectivity index (χ4v) is 4.17. The fourth-order valence-electron chi connectivity index (χ4n) is 4.17. The van der Waals surface area contributed by atoms with Gasteiger partial charge in [-0.3, -0.25) is 9.78 Å². The Morgan fingerprint density at radius 1 is 1.24 bits per heavy atom. The van der Waals surface area contributed by atoms with Crippen molar-refractivity contribution >= 4 is 16.8 Å². The first-order chi connectivity index (χ1) is 16.2. The van der Waals surface area contributed by atoms with E-state index < -0.39 is 0 Å². The van der Waals surface area contributed by atoms with Crippen LogP contribution in [0.15, 0.2) is 67.4 Å². The lowest BCUT2D eigenvalue weighted by Crippen LogP contribution is -2.37. The van der Waals surface area contributed by atoms with Crippen molar-refractivity contribution in [3.63, 3.8) is 0 Å². The second kappa shape index (κ2) is 11.0. The van der Waals surface area contributed by atoms with E-state index in [1.165, 1.54) is 0 Å². The first kappa shape index (κ1) is 22.8. The Balaban J connectivity index is 1.55. The van der Waals surface area contributed by atoms with E-state index in [0.717, 1.165) is 41.5 Å². The zero-order chi connectivity index (χ0) is 23.0. The van der Waals surface area contributed by atoms with Crippen LogP contribution in [-0.4, -0.2) is 48.8 Å². The fraction of sp³-hybridized carbons (Fsp3) is 0.333. The summed E-state index contributed by atoms with van der Waals surface area (Å²) < 4.78 is 17.0. The van der Waals surface area contributed by atoms with Crippen molar-refractivity contribution in [2.75, 3.05) is 26.9 Å². The third-order valence-corrected chi connectivity index (χ3v) is 5.82.